The van der Waals surface area contributed by atoms with Gasteiger partial charge in [0.2, 0.25) is 6.29 Å². The number of aliphatic hydroxyl groups is 12. The van der Waals surface area contributed by atoms with Crippen molar-refractivity contribution in [1.29, 1.82) is 0 Å². The lowest BCUT2D eigenvalue weighted by atomic mass is 9.33. The van der Waals surface area contributed by atoms with E-state index in [2.05, 4.69) is 33.8 Å². The number of hydrogen-bond acceptors (Lipinski definition) is 23. The van der Waals surface area contributed by atoms with Crippen LogP contribution in [-0.2, 0) is 52.3 Å². The average molecular weight is 1090 g/mol. The van der Waals surface area contributed by atoms with Crippen LogP contribution in [0.1, 0.15) is 99.3 Å². The second kappa shape index (κ2) is 21.2. The van der Waals surface area contributed by atoms with Gasteiger partial charge in [-0.05, 0) is 105 Å². The molecule has 0 radical (unpaired) electrons. The normalized spacial score (nSPS) is 55.4. The average Bonchev–Trinajstić information content (AvgIpc) is 3.52. The summed E-state index contributed by atoms with van der Waals surface area (Å²) in [4.78, 5) is 41.5. The Kier molecular flexibility index (Phi) is 16.2. The summed E-state index contributed by atoms with van der Waals surface area (Å²) in [5, 5.41) is 141. The van der Waals surface area contributed by atoms with Gasteiger partial charge in [0.25, 0.3) is 0 Å². The van der Waals surface area contributed by atoms with E-state index in [0.29, 0.717) is 44.9 Å². The Bertz CT molecular complexity index is 2170. The number of hydrogen-bond donors (Lipinski definition) is 13. The molecule has 13 N–H and O–H groups in total. The summed E-state index contributed by atoms with van der Waals surface area (Å²) in [7, 11) is 0. The fraction of sp³-hybridized carbons (Fsp3) is 0.904. The third-order valence-corrected chi connectivity index (χ3v) is 20.7. The Balaban J connectivity index is 1.02. The van der Waals surface area contributed by atoms with Crippen LogP contribution >= 0.6 is 0 Å². The fourth-order valence-corrected chi connectivity index (χ4v) is 16.0. The number of carbonyl (C=O) groups excluding carboxylic acids is 2. The Morgan fingerprint density at radius 1 is 0.697 bits per heavy atom. The Morgan fingerprint density at radius 3 is 2.00 bits per heavy atom. The van der Waals surface area contributed by atoms with Crippen LogP contribution in [0.5, 0.6) is 0 Å². The Morgan fingerprint density at radius 2 is 1.34 bits per heavy atom. The molecule has 8 fully saturated rings. The first-order chi connectivity index (χ1) is 35.6. The molecule has 24 heteroatoms. The minimum absolute atomic E-state index is 0.102. The minimum Gasteiger partial charge on any atom is -0.479 e. The van der Waals surface area contributed by atoms with Crippen molar-refractivity contribution in [1.82, 2.24) is 0 Å². The summed E-state index contributed by atoms with van der Waals surface area (Å²) in [6.07, 6.45) is -29.3. The molecule has 30 atom stereocenters. The molecule has 2 unspecified atom stereocenters. The van der Waals surface area contributed by atoms with Crippen molar-refractivity contribution in [2.75, 3.05) is 13.2 Å². The van der Waals surface area contributed by atoms with Crippen LogP contribution in [0.25, 0.3) is 0 Å². The van der Waals surface area contributed by atoms with Gasteiger partial charge in [-0.2, -0.15) is 0 Å². The molecule has 4 saturated heterocycles. The zero-order chi connectivity index (χ0) is 55.5. The molecule has 24 nitrogen and oxygen atoms in total. The second-order valence-corrected chi connectivity index (χ2v) is 24.6. The molecule has 0 spiro atoms. The van der Waals surface area contributed by atoms with Crippen molar-refractivity contribution in [2.45, 2.75) is 228 Å². The largest absolute Gasteiger partial charge is 0.479 e. The van der Waals surface area contributed by atoms with Crippen LogP contribution in [0.2, 0.25) is 0 Å². The first-order valence-corrected chi connectivity index (χ1v) is 26.9. The van der Waals surface area contributed by atoms with Crippen molar-refractivity contribution in [2.24, 2.45) is 50.7 Å². The van der Waals surface area contributed by atoms with Gasteiger partial charge in [-0.25, -0.2) is 4.79 Å². The Hall–Kier alpha value is -2.41. The number of esters is 1. The number of carboxylic acids is 1. The third-order valence-electron chi connectivity index (χ3n) is 20.7. The molecule has 0 amide bonds. The molecule has 5 aliphatic carbocycles. The van der Waals surface area contributed by atoms with Crippen molar-refractivity contribution in [3.63, 3.8) is 0 Å². The monoisotopic (exact) mass is 1090 g/mol. The predicted octanol–water partition coefficient (Wildman–Crippen LogP) is -2.52. The van der Waals surface area contributed by atoms with Gasteiger partial charge in [-0.1, -0.05) is 46.3 Å². The van der Waals surface area contributed by atoms with E-state index >= 15 is 0 Å². The topological polar surface area (TPSA) is 388 Å². The number of rotatable bonds is 11. The molecule has 4 aliphatic heterocycles. The molecule has 9 aliphatic rings. The molecule has 0 aromatic rings. The number of allylic oxidation sites excluding steroid dienone is 2. The van der Waals surface area contributed by atoms with Gasteiger partial charge >= 0.3 is 11.9 Å². The summed E-state index contributed by atoms with van der Waals surface area (Å²) in [6, 6.07) is 0. The first-order valence-electron chi connectivity index (χ1n) is 26.9. The highest BCUT2D eigenvalue weighted by Gasteiger charge is 2.72. The van der Waals surface area contributed by atoms with E-state index in [0.717, 1.165) is 11.9 Å². The van der Waals surface area contributed by atoms with E-state index < -0.39 is 186 Å². The van der Waals surface area contributed by atoms with Gasteiger partial charge in [-0.15, -0.1) is 0 Å². The summed E-state index contributed by atoms with van der Waals surface area (Å²) < 4.78 is 47.6. The molecule has 0 bridgehead atoms. The van der Waals surface area contributed by atoms with E-state index in [1.807, 2.05) is 0 Å². The lowest BCUT2D eigenvalue weighted by Crippen LogP contribution is -2.69. The second-order valence-electron chi connectivity index (χ2n) is 24.6. The van der Waals surface area contributed by atoms with Crippen LogP contribution in [0.4, 0.5) is 0 Å². The van der Waals surface area contributed by atoms with Crippen LogP contribution in [0, 0.1) is 50.7 Å². The van der Waals surface area contributed by atoms with E-state index in [1.54, 1.807) is 6.92 Å². The van der Waals surface area contributed by atoms with E-state index in [9.17, 15) is 80.8 Å². The molecule has 0 aromatic heterocycles. The number of fused-ring (bicyclic) bond motifs is 7. The highest BCUT2D eigenvalue weighted by Crippen LogP contribution is 2.75. The number of aldehydes is 1. The molecule has 9 rings (SSSR count). The highest BCUT2D eigenvalue weighted by molar-refractivity contribution is 5.80. The van der Waals surface area contributed by atoms with E-state index in [4.69, 9.17) is 37.9 Å². The van der Waals surface area contributed by atoms with Crippen LogP contribution in [0.3, 0.4) is 0 Å². The van der Waals surface area contributed by atoms with Crippen LogP contribution in [-0.4, -0.2) is 227 Å². The number of aliphatic hydroxyl groups excluding tert-OH is 12. The van der Waals surface area contributed by atoms with Gasteiger partial charge in [0, 0.05) is 0 Å². The summed E-state index contributed by atoms with van der Waals surface area (Å²) >= 11 is 0. The zero-order valence-electron chi connectivity index (χ0n) is 43.7. The molecule has 4 saturated carbocycles. The van der Waals surface area contributed by atoms with Crippen LogP contribution < -0.4 is 0 Å². The Labute approximate surface area is 439 Å². The minimum atomic E-state index is -2.18. The number of ether oxygens (including phenoxy) is 8. The summed E-state index contributed by atoms with van der Waals surface area (Å²) in [6.45, 7) is 10.5. The summed E-state index contributed by atoms with van der Waals surface area (Å²) in [5.41, 5.74) is -3.48. The van der Waals surface area contributed by atoms with Crippen LogP contribution in [0.15, 0.2) is 11.6 Å². The SMILES string of the molecule is C[C@H]1CC[C@]2(C(=O)O[C@@H]3OC[C@H](O)[C@H](O)[C@H]3O)[C@H](O)C[C@]3(C)C(=CCC4[C@@]5(C)CC[C@H](O[C@@H]6O[C@H](C(=O)O)[C@@H](O)[C@H](O[C@@H]7O[C@@H](C)[C@H](O)[C@@H](O)[C@H]7O)[C@H]6O[C@@H]6O[C@H](CO)[C@H](O)[C@H](O)[C@H]6O)[C@@](C)(C=O)C5CC[C@]43C)[C@@H]2C1. The molecule has 76 heavy (non-hydrogen) atoms. The maximum Gasteiger partial charge on any atom is 0.335 e. The van der Waals surface area contributed by atoms with E-state index in [1.165, 1.54) is 6.92 Å². The van der Waals surface area contributed by atoms with Gasteiger partial charge in [0.1, 0.15) is 91.1 Å². The van der Waals surface area contributed by atoms with Gasteiger partial charge in [-0.3, -0.25) is 4.79 Å². The number of aliphatic carboxylic acids is 1. The van der Waals surface area contributed by atoms with E-state index in [-0.39, 0.29) is 31.3 Å². The molecular weight excluding hydrogens is 1010 g/mol. The number of carboxylic acid groups (broad SMARTS) is 1. The van der Waals surface area contributed by atoms with Gasteiger partial charge in [0.05, 0.1) is 36.9 Å². The fourth-order valence-electron chi connectivity index (χ4n) is 16.0. The molecular formula is C52H80O24. The third kappa shape index (κ3) is 9.05. The molecule has 432 valence electrons. The predicted molar refractivity (Wildman–Crippen MR) is 253 cm³/mol. The lowest BCUT2D eigenvalue weighted by Gasteiger charge is -2.71. The quantitative estimate of drug-likeness (QED) is 0.0440. The molecule has 4 heterocycles. The lowest BCUT2D eigenvalue weighted by molar-refractivity contribution is -0.394. The van der Waals surface area contributed by atoms with Crippen molar-refractivity contribution in [3.8, 4) is 0 Å². The zero-order valence-corrected chi connectivity index (χ0v) is 43.7. The summed E-state index contributed by atoms with van der Waals surface area (Å²) in [5.74, 6) is -3.22. The van der Waals surface area contributed by atoms with Crippen molar-refractivity contribution >= 4 is 18.2 Å². The standard InChI is InChI=1S/C52H80O24/c1-20-9-14-52(47(68)76-43-35(62)31(58)24(55)18-69-43)23(15-20)22-7-8-27-48(3)12-11-29(49(4,19-54)26(48)10-13-50(27,5)51(22,6)16-28(52)56)72-46-41(75-45-37(64)34(61)32(59)25(17-53)71-45)39(38(65)40(74-46)42(66)67)73-44-36(63)33(60)30(57)21(2)70-44/h7,19-21,23-41,43-46,53,55-65H,8-18H2,1-6H3,(H,66,67)/t20-,21-,23-,24-,25+,26?,27?,28+,29-,30-,31-,32-,33+,34-,35+,36+,37+,38-,39-,40-,41+,43-,44-,45-,46+,48-,49-,50+,51+,52+/m0/s1. The maximum atomic E-state index is 14.6. The molecule has 0 aromatic carbocycles. The smallest absolute Gasteiger partial charge is 0.335 e. The van der Waals surface area contributed by atoms with Crippen molar-refractivity contribution in [3.05, 3.63) is 11.6 Å². The number of carbonyl (C=O) groups is 3. The maximum absolute atomic E-state index is 14.6. The van der Waals surface area contributed by atoms with Gasteiger partial charge in [0.15, 0.2) is 25.0 Å². The van der Waals surface area contributed by atoms with Gasteiger partial charge < -0.3 is 109 Å². The first kappa shape index (κ1) is 58.3. The van der Waals surface area contributed by atoms with Crippen molar-refractivity contribution < 1.29 is 119 Å². The highest BCUT2D eigenvalue weighted by atomic mass is 16.8.